The van der Waals surface area contributed by atoms with Crippen LogP contribution in [0.2, 0.25) is 0 Å². The van der Waals surface area contributed by atoms with E-state index in [-0.39, 0.29) is 5.92 Å². The van der Waals surface area contributed by atoms with Gasteiger partial charge >= 0.3 is 0 Å². The van der Waals surface area contributed by atoms with Gasteiger partial charge in [0.15, 0.2) is 5.82 Å². The number of rotatable bonds is 5. The van der Waals surface area contributed by atoms with Crippen molar-refractivity contribution >= 4 is 11.6 Å². The third-order valence-corrected chi connectivity index (χ3v) is 3.14. The second-order valence-corrected chi connectivity index (χ2v) is 5.02. The molecule has 0 unspecified atom stereocenters. The highest BCUT2D eigenvalue weighted by Crippen LogP contribution is 2.23. The number of aryl methyl sites for hydroxylation is 1. The SMILES string of the molecule is CNc1nc(C(C)C)nc(NCc2nncn2C)c1C. The maximum Gasteiger partial charge on any atom is 0.151 e. The first-order valence-corrected chi connectivity index (χ1v) is 6.66. The number of hydrogen-bond donors (Lipinski definition) is 2. The molecule has 0 saturated carbocycles. The van der Waals surface area contributed by atoms with Crippen LogP contribution in [0.5, 0.6) is 0 Å². The number of nitrogens with one attached hydrogen (secondary N) is 2. The van der Waals surface area contributed by atoms with Crippen LogP contribution in [0.25, 0.3) is 0 Å². The molecular weight excluding hydrogens is 254 g/mol. The topological polar surface area (TPSA) is 80.6 Å². The van der Waals surface area contributed by atoms with E-state index in [0.717, 1.165) is 28.8 Å². The van der Waals surface area contributed by atoms with Crippen molar-refractivity contribution in [1.82, 2.24) is 24.7 Å². The van der Waals surface area contributed by atoms with Gasteiger partial charge in [-0.15, -0.1) is 10.2 Å². The largest absolute Gasteiger partial charge is 0.373 e. The fourth-order valence-corrected chi connectivity index (χ4v) is 1.84. The minimum atomic E-state index is 0.276. The van der Waals surface area contributed by atoms with Gasteiger partial charge in [0.2, 0.25) is 0 Å². The molecule has 0 amide bonds. The first-order valence-electron chi connectivity index (χ1n) is 6.66. The van der Waals surface area contributed by atoms with Crippen LogP contribution in [-0.2, 0) is 13.6 Å². The first kappa shape index (κ1) is 14.2. The molecule has 108 valence electrons. The van der Waals surface area contributed by atoms with Gasteiger partial charge in [-0.1, -0.05) is 13.8 Å². The predicted molar refractivity (Wildman–Crippen MR) is 78.7 cm³/mol. The quantitative estimate of drug-likeness (QED) is 0.864. The monoisotopic (exact) mass is 275 g/mol. The van der Waals surface area contributed by atoms with Crippen LogP contribution in [0.1, 0.15) is 37.0 Å². The van der Waals surface area contributed by atoms with Gasteiger partial charge in [-0.3, -0.25) is 0 Å². The summed E-state index contributed by atoms with van der Waals surface area (Å²) in [6.07, 6.45) is 1.68. The van der Waals surface area contributed by atoms with Crippen molar-refractivity contribution < 1.29 is 0 Å². The van der Waals surface area contributed by atoms with E-state index in [0.29, 0.717) is 6.54 Å². The highest BCUT2D eigenvalue weighted by atomic mass is 15.3. The Morgan fingerprint density at radius 1 is 1.25 bits per heavy atom. The van der Waals surface area contributed by atoms with Crippen molar-refractivity contribution in [3.8, 4) is 0 Å². The number of nitrogens with zero attached hydrogens (tertiary/aromatic N) is 5. The van der Waals surface area contributed by atoms with Crippen LogP contribution in [0.4, 0.5) is 11.6 Å². The fraction of sp³-hybridized carbons (Fsp3) is 0.538. The minimum absolute atomic E-state index is 0.276. The molecule has 0 atom stereocenters. The van der Waals surface area contributed by atoms with Gasteiger partial charge in [-0.25, -0.2) is 9.97 Å². The summed E-state index contributed by atoms with van der Waals surface area (Å²) in [6.45, 7) is 6.73. The molecule has 2 aromatic rings. The molecular formula is C13H21N7. The van der Waals surface area contributed by atoms with Crippen molar-refractivity contribution in [3.05, 3.63) is 23.5 Å². The molecule has 20 heavy (non-hydrogen) atoms. The standard InChI is InChI=1S/C13H21N7/c1-8(2)11-17-12(14-4)9(3)13(18-11)15-6-10-19-16-7-20(10)5/h7-8H,6H2,1-5H3,(H2,14,15,17,18). The lowest BCUT2D eigenvalue weighted by atomic mass is 10.2. The number of hydrogen-bond acceptors (Lipinski definition) is 6. The average Bonchev–Trinajstić information content (AvgIpc) is 2.83. The Labute approximate surface area is 118 Å². The van der Waals surface area contributed by atoms with Gasteiger partial charge in [-0.2, -0.15) is 0 Å². The lowest BCUT2D eigenvalue weighted by Crippen LogP contribution is -2.12. The molecule has 2 heterocycles. The van der Waals surface area contributed by atoms with E-state index in [1.807, 2.05) is 25.6 Å². The smallest absolute Gasteiger partial charge is 0.151 e. The molecule has 0 fully saturated rings. The molecule has 0 aliphatic carbocycles. The summed E-state index contributed by atoms with van der Waals surface area (Å²) < 4.78 is 1.88. The molecule has 0 radical (unpaired) electrons. The normalized spacial score (nSPS) is 10.9. The van der Waals surface area contributed by atoms with Gasteiger partial charge in [0.1, 0.15) is 23.8 Å². The molecule has 0 spiro atoms. The van der Waals surface area contributed by atoms with Crippen LogP contribution in [0.3, 0.4) is 0 Å². The summed E-state index contributed by atoms with van der Waals surface area (Å²) in [5.74, 6) is 3.64. The van der Waals surface area contributed by atoms with E-state index in [4.69, 9.17) is 0 Å². The van der Waals surface area contributed by atoms with Crippen LogP contribution < -0.4 is 10.6 Å². The zero-order valence-corrected chi connectivity index (χ0v) is 12.6. The summed E-state index contributed by atoms with van der Waals surface area (Å²) in [6, 6.07) is 0. The summed E-state index contributed by atoms with van der Waals surface area (Å²) >= 11 is 0. The molecule has 2 rings (SSSR count). The third kappa shape index (κ3) is 2.87. The van der Waals surface area contributed by atoms with E-state index < -0.39 is 0 Å². The summed E-state index contributed by atoms with van der Waals surface area (Å²) in [5, 5.41) is 14.3. The molecule has 0 saturated heterocycles. The Kier molecular flexibility index (Phi) is 4.16. The first-order chi connectivity index (χ1) is 9.52. The van der Waals surface area contributed by atoms with Crippen molar-refractivity contribution in [2.24, 2.45) is 7.05 Å². The van der Waals surface area contributed by atoms with Gasteiger partial charge in [0, 0.05) is 25.6 Å². The molecule has 0 aromatic carbocycles. The van der Waals surface area contributed by atoms with Crippen LogP contribution in [-0.4, -0.2) is 31.8 Å². The maximum atomic E-state index is 4.59. The van der Waals surface area contributed by atoms with E-state index in [2.05, 4.69) is 44.6 Å². The maximum absolute atomic E-state index is 4.59. The molecule has 0 bridgehead atoms. The molecule has 0 aliphatic rings. The van der Waals surface area contributed by atoms with E-state index in [1.165, 1.54) is 0 Å². The summed E-state index contributed by atoms with van der Waals surface area (Å²) in [5.41, 5.74) is 0.999. The van der Waals surface area contributed by atoms with Crippen molar-refractivity contribution in [3.63, 3.8) is 0 Å². The van der Waals surface area contributed by atoms with Crippen LogP contribution >= 0.6 is 0 Å². The summed E-state index contributed by atoms with van der Waals surface area (Å²) in [4.78, 5) is 9.11. The fourth-order valence-electron chi connectivity index (χ4n) is 1.84. The summed E-state index contributed by atoms with van der Waals surface area (Å²) in [7, 11) is 3.79. The van der Waals surface area contributed by atoms with Gasteiger partial charge < -0.3 is 15.2 Å². The molecule has 2 aromatic heterocycles. The lowest BCUT2D eigenvalue weighted by Gasteiger charge is -2.14. The predicted octanol–water partition coefficient (Wildman–Crippen LogP) is 1.69. The Balaban J connectivity index is 2.26. The van der Waals surface area contributed by atoms with E-state index in [9.17, 15) is 0 Å². The van der Waals surface area contributed by atoms with Gasteiger partial charge in [0.25, 0.3) is 0 Å². The zero-order chi connectivity index (χ0) is 14.7. The van der Waals surface area contributed by atoms with Gasteiger partial charge in [0.05, 0.1) is 6.54 Å². The molecule has 7 nitrogen and oxygen atoms in total. The molecule has 0 aliphatic heterocycles. The third-order valence-electron chi connectivity index (χ3n) is 3.14. The Hall–Kier alpha value is -2.18. The Morgan fingerprint density at radius 2 is 1.95 bits per heavy atom. The van der Waals surface area contributed by atoms with Crippen molar-refractivity contribution in [2.75, 3.05) is 17.7 Å². The minimum Gasteiger partial charge on any atom is -0.373 e. The molecule has 2 N–H and O–H groups in total. The Morgan fingerprint density at radius 3 is 2.50 bits per heavy atom. The Bertz CT molecular complexity index is 588. The van der Waals surface area contributed by atoms with Crippen LogP contribution in [0, 0.1) is 6.92 Å². The van der Waals surface area contributed by atoms with Crippen molar-refractivity contribution in [2.45, 2.75) is 33.2 Å². The zero-order valence-electron chi connectivity index (χ0n) is 12.6. The van der Waals surface area contributed by atoms with Gasteiger partial charge in [-0.05, 0) is 6.92 Å². The number of anilines is 2. The number of aromatic nitrogens is 5. The average molecular weight is 275 g/mol. The van der Waals surface area contributed by atoms with E-state index in [1.54, 1.807) is 6.33 Å². The molecule has 7 heteroatoms. The second kappa shape index (κ2) is 5.85. The second-order valence-electron chi connectivity index (χ2n) is 5.02. The van der Waals surface area contributed by atoms with Crippen LogP contribution in [0.15, 0.2) is 6.33 Å². The lowest BCUT2D eigenvalue weighted by molar-refractivity contribution is 0.767. The van der Waals surface area contributed by atoms with Crippen molar-refractivity contribution in [1.29, 1.82) is 0 Å². The van der Waals surface area contributed by atoms with E-state index >= 15 is 0 Å². The highest BCUT2D eigenvalue weighted by Gasteiger charge is 2.12. The highest BCUT2D eigenvalue weighted by molar-refractivity contribution is 5.57.